The van der Waals surface area contributed by atoms with E-state index >= 15 is 0 Å². The minimum absolute atomic E-state index is 0.00195. The van der Waals surface area contributed by atoms with Crippen molar-refractivity contribution in [3.63, 3.8) is 0 Å². The highest BCUT2D eigenvalue weighted by molar-refractivity contribution is 5.92. The molecule has 368 valence electrons. The lowest BCUT2D eigenvalue weighted by Gasteiger charge is -2.56. The first-order chi connectivity index (χ1) is 31.0. The molecule has 1 aliphatic heterocycles. The maximum atomic E-state index is 13.6. The Morgan fingerprint density at radius 2 is 0.985 bits per heavy atom. The molecule has 6 N–H and O–H groups in total. The average molecular weight is 911 g/mol. The first-order valence-corrected chi connectivity index (χ1v) is 25.6. The van der Waals surface area contributed by atoms with Crippen LogP contribution in [0.1, 0.15) is 183 Å². The zero-order chi connectivity index (χ0) is 47.4. The van der Waals surface area contributed by atoms with Crippen LogP contribution in [0.5, 0.6) is 0 Å². The van der Waals surface area contributed by atoms with E-state index in [1.807, 2.05) is 41.5 Å². The van der Waals surface area contributed by atoms with Gasteiger partial charge in [0.15, 0.2) is 0 Å². The van der Waals surface area contributed by atoms with Gasteiger partial charge >= 0.3 is 5.97 Å². The van der Waals surface area contributed by atoms with Gasteiger partial charge in [-0.25, -0.2) is 4.79 Å². The molecule has 0 aromatic rings. The summed E-state index contributed by atoms with van der Waals surface area (Å²) >= 11 is 0. The van der Waals surface area contributed by atoms with Crippen molar-refractivity contribution in [2.24, 2.45) is 40.9 Å². The third-order valence-electron chi connectivity index (χ3n) is 13.8. The molecule has 5 rings (SSSR count). The van der Waals surface area contributed by atoms with Crippen LogP contribution in [0.4, 0.5) is 0 Å². The van der Waals surface area contributed by atoms with Crippen LogP contribution in [0.15, 0.2) is 11.6 Å². The van der Waals surface area contributed by atoms with Gasteiger partial charge in [-0.3, -0.25) is 28.8 Å². The monoisotopic (exact) mass is 911 g/mol. The van der Waals surface area contributed by atoms with Gasteiger partial charge in [-0.05, 0) is 143 Å². The molecule has 0 spiro atoms. The van der Waals surface area contributed by atoms with Crippen molar-refractivity contribution < 1.29 is 38.3 Å². The van der Waals surface area contributed by atoms with E-state index in [2.05, 4.69) is 31.9 Å². The van der Waals surface area contributed by atoms with Gasteiger partial charge in [0.25, 0.3) is 0 Å². The highest BCUT2D eigenvalue weighted by atomic mass is 16.5. The third kappa shape index (κ3) is 20.2. The van der Waals surface area contributed by atoms with Crippen LogP contribution >= 0.6 is 0 Å². The number of rotatable bonds is 32. The van der Waals surface area contributed by atoms with E-state index in [9.17, 15) is 33.6 Å². The van der Waals surface area contributed by atoms with E-state index in [1.54, 1.807) is 0 Å². The topological polar surface area (TPSA) is 201 Å². The summed E-state index contributed by atoms with van der Waals surface area (Å²) in [6, 6.07) is -2.00. The second-order valence-electron chi connectivity index (χ2n) is 21.5. The maximum Gasteiger partial charge on any atom is 0.331 e. The number of unbranched alkanes of at least 4 members (excludes halogenated alkanes) is 6. The van der Waals surface area contributed by atoms with Crippen molar-refractivity contribution in [2.75, 3.05) is 26.2 Å². The van der Waals surface area contributed by atoms with Crippen LogP contribution in [-0.2, 0) is 38.3 Å². The molecule has 3 atom stereocenters. The van der Waals surface area contributed by atoms with E-state index in [1.165, 1.54) is 44.6 Å². The van der Waals surface area contributed by atoms with Crippen LogP contribution in [0, 0.1) is 40.9 Å². The number of carbonyl (C=O) groups excluding carboxylic acids is 7. The van der Waals surface area contributed by atoms with Gasteiger partial charge in [-0.1, -0.05) is 60.8 Å². The number of hydrogen-bond donors (Lipinski definition) is 6. The fourth-order valence-electron chi connectivity index (χ4n) is 11.1. The van der Waals surface area contributed by atoms with Crippen LogP contribution in [-0.4, -0.2) is 85.8 Å². The summed E-state index contributed by atoms with van der Waals surface area (Å²) in [6.07, 6.45) is 19.8. The predicted molar refractivity (Wildman–Crippen MR) is 253 cm³/mol. The minimum Gasteiger partial charge on any atom is -0.458 e. The highest BCUT2D eigenvalue weighted by Gasteiger charge is 2.51. The lowest BCUT2D eigenvalue weighted by atomic mass is 9.49. The summed E-state index contributed by atoms with van der Waals surface area (Å²) in [7, 11) is 0. The summed E-state index contributed by atoms with van der Waals surface area (Å²) < 4.78 is 5.10. The first-order valence-electron chi connectivity index (χ1n) is 25.6. The Bertz CT molecular complexity index is 1570. The molecule has 1 heterocycles. The first kappa shape index (κ1) is 53.6. The summed E-state index contributed by atoms with van der Waals surface area (Å²) in [5, 5.41) is 18.0. The van der Waals surface area contributed by atoms with E-state index in [0.717, 1.165) is 69.1 Å². The van der Waals surface area contributed by atoms with E-state index in [0.29, 0.717) is 70.2 Å². The normalized spacial score (nSPS) is 22.3. The Hall–Kier alpha value is -3.97. The zero-order valence-corrected chi connectivity index (χ0v) is 40.9. The van der Waals surface area contributed by atoms with Crippen molar-refractivity contribution >= 4 is 41.4 Å². The van der Waals surface area contributed by atoms with Gasteiger partial charge in [-0.15, -0.1) is 0 Å². The van der Waals surface area contributed by atoms with Gasteiger partial charge in [0.2, 0.25) is 35.4 Å². The molecule has 6 amide bonds. The fourth-order valence-corrected chi connectivity index (χ4v) is 11.1. The molecule has 5 aliphatic rings. The molecular formula is C51H86N6O8. The second-order valence-corrected chi connectivity index (χ2v) is 21.5. The van der Waals surface area contributed by atoms with Gasteiger partial charge in [0.1, 0.15) is 18.7 Å². The molecule has 0 aromatic carbocycles. The van der Waals surface area contributed by atoms with Gasteiger partial charge in [-0.2, -0.15) is 0 Å². The SMILES string of the molecule is CC(C)C[C@H](NC(=O)CCCCCNC(=O)CCCCCNC(=O)CCCCCNC(=O)CC12CC3CC(CC(C3)C1)C2)C(=O)N[C@@H](CC(C)C)C(=O)N[C@@H](CC(C)C)C1=CC(=O)OC1. The van der Waals surface area contributed by atoms with Crippen LogP contribution < -0.4 is 31.9 Å². The van der Waals surface area contributed by atoms with Crippen molar-refractivity contribution in [1.29, 1.82) is 0 Å². The molecule has 4 bridgehead atoms. The molecule has 4 saturated carbocycles. The number of amides is 6. The highest BCUT2D eigenvalue weighted by Crippen LogP contribution is 2.61. The molecule has 65 heavy (non-hydrogen) atoms. The summed E-state index contributed by atoms with van der Waals surface area (Å²) in [6.45, 7) is 13.9. The zero-order valence-electron chi connectivity index (χ0n) is 40.9. The van der Waals surface area contributed by atoms with Gasteiger partial charge in [0.05, 0.1) is 6.04 Å². The van der Waals surface area contributed by atoms with Crippen molar-refractivity contribution in [2.45, 2.75) is 201 Å². The smallest absolute Gasteiger partial charge is 0.331 e. The number of hydrogen-bond acceptors (Lipinski definition) is 8. The summed E-state index contributed by atoms with van der Waals surface area (Å²) in [5.41, 5.74) is 0.986. The molecule has 0 aromatic heterocycles. The van der Waals surface area contributed by atoms with Crippen molar-refractivity contribution in [3.05, 3.63) is 11.6 Å². The molecule has 4 fully saturated rings. The van der Waals surface area contributed by atoms with Crippen molar-refractivity contribution in [1.82, 2.24) is 31.9 Å². The van der Waals surface area contributed by atoms with E-state index in [-0.39, 0.29) is 65.7 Å². The number of esters is 1. The number of cyclic esters (lactones) is 1. The largest absolute Gasteiger partial charge is 0.458 e. The Morgan fingerprint density at radius 1 is 0.554 bits per heavy atom. The number of ether oxygens (including phenoxy) is 1. The molecule has 14 nitrogen and oxygen atoms in total. The summed E-state index contributed by atoms with van der Waals surface area (Å²) in [5.74, 6) is 1.93. The summed E-state index contributed by atoms with van der Waals surface area (Å²) in [4.78, 5) is 89.3. The molecule has 0 radical (unpaired) electrons. The molecule has 4 aliphatic carbocycles. The Balaban J connectivity index is 0.992. The van der Waals surface area contributed by atoms with Crippen LogP contribution in [0.3, 0.4) is 0 Å². The molecular weight excluding hydrogens is 825 g/mol. The van der Waals surface area contributed by atoms with E-state index in [4.69, 9.17) is 4.74 Å². The Labute approximate surface area is 390 Å². The lowest BCUT2D eigenvalue weighted by Crippen LogP contribution is -2.55. The third-order valence-corrected chi connectivity index (χ3v) is 13.8. The lowest BCUT2D eigenvalue weighted by molar-refractivity contribution is -0.135. The van der Waals surface area contributed by atoms with Crippen LogP contribution in [0.25, 0.3) is 0 Å². The minimum atomic E-state index is -0.815. The van der Waals surface area contributed by atoms with Gasteiger partial charge < -0.3 is 36.6 Å². The predicted octanol–water partition coefficient (Wildman–Crippen LogP) is 6.70. The standard InChI is InChI=1S/C51H86N6O8/c1-34(2)22-41(40-28-48(62)65-33-40)56-50(64)43(24-36(5)6)57-49(63)42(23-35(3)4)55-46(60)18-12-9-14-20-53-44(58)16-10-7-13-19-52-45(59)17-11-8-15-21-54-47(61)32-51-29-37-25-38(30-51)27-39(26-37)31-51/h28,34-39,41-43H,7-27,29-33H2,1-6H3,(H,52,59)(H,53,58)(H,54,61)(H,55,60)(H,56,64)(H,57,63)/t37?,38?,39?,41-,42-,43-,51?/m0/s1. The second kappa shape index (κ2) is 27.6. The van der Waals surface area contributed by atoms with Crippen LogP contribution in [0.2, 0.25) is 0 Å². The molecule has 0 unspecified atom stereocenters. The van der Waals surface area contributed by atoms with E-state index < -0.39 is 30.0 Å². The maximum absolute atomic E-state index is 13.6. The molecule has 14 heteroatoms. The number of carbonyl (C=O) groups is 7. The Morgan fingerprint density at radius 3 is 1.43 bits per heavy atom. The quantitative estimate of drug-likeness (QED) is 0.0316. The number of nitrogens with one attached hydrogen (secondary N) is 6. The Kier molecular flexibility index (Phi) is 22.8. The van der Waals surface area contributed by atoms with Gasteiger partial charge in [0, 0.05) is 51.4 Å². The molecule has 0 saturated heterocycles. The average Bonchev–Trinajstić information content (AvgIpc) is 3.65. The fraction of sp³-hybridized carbons (Fsp3) is 0.824. The van der Waals surface area contributed by atoms with Crippen molar-refractivity contribution in [3.8, 4) is 0 Å².